The Balaban J connectivity index is 2.25. The van der Waals surface area contributed by atoms with Gasteiger partial charge in [-0.2, -0.15) is 0 Å². The number of hydrogen-bond donors (Lipinski definition) is 2. The highest BCUT2D eigenvalue weighted by molar-refractivity contribution is 7.89. The van der Waals surface area contributed by atoms with Gasteiger partial charge in [0.05, 0.1) is 24.4 Å². The van der Waals surface area contributed by atoms with Crippen molar-refractivity contribution in [3.8, 4) is 11.5 Å². The van der Waals surface area contributed by atoms with Gasteiger partial charge in [0.25, 0.3) is 0 Å². The summed E-state index contributed by atoms with van der Waals surface area (Å²) >= 11 is 0. The van der Waals surface area contributed by atoms with Crippen molar-refractivity contribution >= 4 is 20.0 Å². The summed E-state index contributed by atoms with van der Waals surface area (Å²) in [5.41, 5.74) is 0. The van der Waals surface area contributed by atoms with Crippen LogP contribution in [0.5, 0.6) is 11.5 Å². The molecular weight excluding hydrogens is 392 g/mol. The minimum atomic E-state index is -3.84. The van der Waals surface area contributed by atoms with Gasteiger partial charge in [0.15, 0.2) is 11.5 Å². The van der Waals surface area contributed by atoms with E-state index in [-0.39, 0.29) is 4.90 Å². The molecule has 1 aliphatic rings. The van der Waals surface area contributed by atoms with Crippen LogP contribution >= 0.6 is 0 Å². The number of nitrogens with one attached hydrogen (secondary N) is 2. The molecule has 2 N–H and O–H groups in total. The monoisotopic (exact) mass is 420 g/mol. The molecule has 2 atom stereocenters. The molecule has 0 aliphatic heterocycles. The lowest BCUT2D eigenvalue weighted by Gasteiger charge is -2.32. The Morgan fingerprint density at radius 3 is 2.04 bits per heavy atom. The van der Waals surface area contributed by atoms with Gasteiger partial charge in [-0.1, -0.05) is 12.8 Å². The molecule has 1 aromatic carbocycles. The molecule has 0 amide bonds. The Hall–Kier alpha value is -1.36. The van der Waals surface area contributed by atoms with E-state index < -0.39 is 32.1 Å². The minimum absolute atomic E-state index is 0.0538. The number of benzene rings is 1. The van der Waals surface area contributed by atoms with E-state index in [1.165, 1.54) is 12.1 Å². The topological polar surface area (TPSA) is 111 Å². The minimum Gasteiger partial charge on any atom is -0.490 e. The molecular formula is C17H28N2O6S2. The lowest BCUT2D eigenvalue weighted by molar-refractivity contribution is 0.287. The second kappa shape index (κ2) is 9.22. The van der Waals surface area contributed by atoms with Crippen LogP contribution in [0.25, 0.3) is 0 Å². The lowest BCUT2D eigenvalue weighted by atomic mass is 9.92. The van der Waals surface area contributed by atoms with Crippen LogP contribution in [-0.2, 0) is 20.0 Å². The molecule has 154 valence electrons. The average molecular weight is 421 g/mol. The van der Waals surface area contributed by atoms with E-state index in [1.54, 1.807) is 13.0 Å². The second-order valence-electron chi connectivity index (χ2n) is 6.48. The highest BCUT2D eigenvalue weighted by Gasteiger charge is 2.31. The van der Waals surface area contributed by atoms with Gasteiger partial charge in [-0.15, -0.1) is 0 Å². The third-order valence-electron chi connectivity index (χ3n) is 4.26. The SMILES string of the molecule is CCOc1ccc(S(=O)(=O)N[C@H]2CCCC[C@@H]2NS(C)(=O)=O)cc1OCC. The molecule has 1 aromatic rings. The Bertz CT molecular complexity index is 839. The molecule has 0 unspecified atom stereocenters. The van der Waals surface area contributed by atoms with Crippen LogP contribution in [0, 0.1) is 0 Å². The first-order valence-corrected chi connectivity index (χ1v) is 12.4. The maximum atomic E-state index is 12.9. The smallest absolute Gasteiger partial charge is 0.241 e. The summed E-state index contributed by atoms with van der Waals surface area (Å²) in [6.07, 6.45) is 3.93. The maximum Gasteiger partial charge on any atom is 0.241 e. The summed E-state index contributed by atoms with van der Waals surface area (Å²) in [6.45, 7) is 4.45. The van der Waals surface area contributed by atoms with Gasteiger partial charge in [0, 0.05) is 18.2 Å². The molecule has 1 aliphatic carbocycles. The van der Waals surface area contributed by atoms with Gasteiger partial charge in [-0.05, 0) is 38.8 Å². The molecule has 2 rings (SSSR count). The maximum absolute atomic E-state index is 12.9. The third-order valence-corrected chi connectivity index (χ3v) is 6.48. The van der Waals surface area contributed by atoms with Crippen molar-refractivity contribution in [2.75, 3.05) is 19.5 Å². The molecule has 0 saturated heterocycles. The van der Waals surface area contributed by atoms with Crippen molar-refractivity contribution in [2.45, 2.75) is 56.5 Å². The number of rotatable bonds is 9. The molecule has 0 spiro atoms. The number of hydrogen-bond acceptors (Lipinski definition) is 6. The molecule has 8 nitrogen and oxygen atoms in total. The van der Waals surface area contributed by atoms with Gasteiger partial charge in [-0.3, -0.25) is 0 Å². The average Bonchev–Trinajstić information content (AvgIpc) is 2.57. The summed E-state index contributed by atoms with van der Waals surface area (Å²) < 4.78 is 65.0. The second-order valence-corrected chi connectivity index (χ2v) is 9.98. The fourth-order valence-corrected chi connectivity index (χ4v) is 5.31. The number of sulfonamides is 2. The highest BCUT2D eigenvalue weighted by Crippen LogP contribution is 2.31. The molecule has 10 heteroatoms. The molecule has 0 aromatic heterocycles. The van der Waals surface area contributed by atoms with E-state index >= 15 is 0 Å². The van der Waals surface area contributed by atoms with Crippen LogP contribution in [0.4, 0.5) is 0 Å². The van der Waals surface area contributed by atoms with Crippen molar-refractivity contribution in [3.63, 3.8) is 0 Å². The van der Waals surface area contributed by atoms with Crippen LogP contribution in [-0.4, -0.2) is 48.4 Å². The quantitative estimate of drug-likeness (QED) is 0.628. The van der Waals surface area contributed by atoms with E-state index in [1.807, 2.05) is 6.92 Å². The predicted octanol–water partition coefficient (Wildman–Crippen LogP) is 1.62. The van der Waals surface area contributed by atoms with Crippen LogP contribution in [0.3, 0.4) is 0 Å². The van der Waals surface area contributed by atoms with Crippen molar-refractivity contribution in [3.05, 3.63) is 18.2 Å². The van der Waals surface area contributed by atoms with Gasteiger partial charge >= 0.3 is 0 Å². The summed E-state index contributed by atoms with van der Waals surface area (Å²) in [5.74, 6) is 0.837. The van der Waals surface area contributed by atoms with Crippen molar-refractivity contribution in [2.24, 2.45) is 0 Å². The predicted molar refractivity (Wildman–Crippen MR) is 103 cm³/mol. The third kappa shape index (κ3) is 6.34. The van der Waals surface area contributed by atoms with Crippen LogP contribution in [0.15, 0.2) is 23.1 Å². The van der Waals surface area contributed by atoms with E-state index in [2.05, 4.69) is 9.44 Å². The van der Waals surface area contributed by atoms with Crippen molar-refractivity contribution in [1.29, 1.82) is 0 Å². The summed E-state index contributed by atoms with van der Waals surface area (Å²) in [7, 11) is -7.27. The lowest BCUT2D eigenvalue weighted by Crippen LogP contribution is -2.52. The highest BCUT2D eigenvalue weighted by atomic mass is 32.2. The number of ether oxygens (including phenoxy) is 2. The fraction of sp³-hybridized carbons (Fsp3) is 0.647. The Labute approximate surface area is 161 Å². The van der Waals surface area contributed by atoms with Gasteiger partial charge < -0.3 is 9.47 Å². The zero-order valence-electron chi connectivity index (χ0n) is 15.9. The molecule has 1 saturated carbocycles. The molecule has 0 radical (unpaired) electrons. The van der Waals surface area contributed by atoms with Crippen LogP contribution < -0.4 is 18.9 Å². The first-order chi connectivity index (χ1) is 12.7. The Kier molecular flexibility index (Phi) is 7.49. The summed E-state index contributed by atoms with van der Waals surface area (Å²) in [4.78, 5) is 0.0538. The standard InChI is InChI=1S/C17H28N2O6S2/c1-4-24-16-11-10-13(12-17(16)25-5-2)27(22,23)19-15-9-7-6-8-14(15)18-26(3,20)21/h10-12,14-15,18-19H,4-9H2,1-3H3/t14-,15-/m0/s1. The van der Waals surface area contributed by atoms with E-state index in [0.29, 0.717) is 37.6 Å². The van der Waals surface area contributed by atoms with Gasteiger partial charge in [0.1, 0.15) is 0 Å². The molecule has 27 heavy (non-hydrogen) atoms. The van der Waals surface area contributed by atoms with Gasteiger partial charge in [-0.25, -0.2) is 26.3 Å². The Morgan fingerprint density at radius 1 is 0.926 bits per heavy atom. The zero-order valence-corrected chi connectivity index (χ0v) is 17.5. The van der Waals surface area contributed by atoms with E-state index in [0.717, 1.165) is 19.1 Å². The fourth-order valence-electron chi connectivity index (χ4n) is 3.15. The largest absolute Gasteiger partial charge is 0.490 e. The van der Waals surface area contributed by atoms with Gasteiger partial charge in [0.2, 0.25) is 20.0 Å². The molecule has 1 fully saturated rings. The Morgan fingerprint density at radius 2 is 1.48 bits per heavy atom. The van der Waals surface area contributed by atoms with Crippen LogP contribution in [0.2, 0.25) is 0 Å². The summed E-state index contributed by atoms with van der Waals surface area (Å²) in [6, 6.07) is 3.49. The van der Waals surface area contributed by atoms with Crippen molar-refractivity contribution in [1.82, 2.24) is 9.44 Å². The first-order valence-electron chi connectivity index (χ1n) is 9.05. The first kappa shape index (κ1) is 21.9. The zero-order chi connectivity index (χ0) is 20.1. The summed E-state index contributed by atoms with van der Waals surface area (Å²) in [5, 5.41) is 0. The van der Waals surface area contributed by atoms with Crippen LogP contribution in [0.1, 0.15) is 39.5 Å². The molecule has 0 bridgehead atoms. The van der Waals surface area contributed by atoms with E-state index in [9.17, 15) is 16.8 Å². The van der Waals surface area contributed by atoms with Crippen molar-refractivity contribution < 1.29 is 26.3 Å². The molecule has 0 heterocycles. The normalized spacial score (nSPS) is 21.0. The van der Waals surface area contributed by atoms with E-state index in [4.69, 9.17) is 9.47 Å².